The Labute approximate surface area is 164 Å². The highest BCUT2D eigenvalue weighted by Crippen LogP contribution is 2.34. The van der Waals surface area contributed by atoms with Crippen molar-refractivity contribution in [2.24, 2.45) is 0 Å². The Hall–Kier alpha value is -2.10. The predicted molar refractivity (Wildman–Crippen MR) is 100 cm³/mol. The number of ether oxygens (including phenoxy) is 3. The number of hydrogen-bond donors (Lipinski definition) is 0. The van der Waals surface area contributed by atoms with Crippen LogP contribution in [0.1, 0.15) is 36.1 Å². The third kappa shape index (κ3) is 3.49. The van der Waals surface area contributed by atoms with Crippen molar-refractivity contribution < 1.29 is 27.0 Å². The van der Waals surface area contributed by atoms with Crippen LogP contribution >= 0.6 is 0 Å². The lowest BCUT2D eigenvalue weighted by Crippen LogP contribution is -2.35. The van der Waals surface area contributed by atoms with Crippen molar-refractivity contribution >= 4 is 10.0 Å². The third-order valence-corrected chi connectivity index (χ3v) is 7.11. The summed E-state index contributed by atoms with van der Waals surface area (Å²) in [7, 11) is -0.688. The van der Waals surface area contributed by atoms with Gasteiger partial charge in [0.2, 0.25) is 10.0 Å². The number of rotatable bonds is 5. The molecule has 1 aromatic carbocycles. The smallest absolute Gasteiger partial charge is 0.243 e. The fraction of sp³-hybridized carbons (Fsp3) is 0.526. The van der Waals surface area contributed by atoms with Crippen LogP contribution in [0, 0.1) is 0 Å². The normalized spacial score (nSPS) is 18.6. The van der Waals surface area contributed by atoms with Gasteiger partial charge in [0.05, 0.1) is 31.4 Å². The maximum atomic E-state index is 13.1. The molecule has 28 heavy (non-hydrogen) atoms. The minimum absolute atomic E-state index is 0.168. The maximum Gasteiger partial charge on any atom is 0.243 e. The average molecular weight is 408 g/mol. The fourth-order valence-electron chi connectivity index (χ4n) is 3.64. The Balaban J connectivity index is 1.57. The first-order valence-corrected chi connectivity index (χ1v) is 10.8. The number of oxazole rings is 1. The Morgan fingerprint density at radius 1 is 1.14 bits per heavy atom. The van der Waals surface area contributed by atoms with Gasteiger partial charge in [0.1, 0.15) is 5.76 Å². The van der Waals surface area contributed by atoms with Gasteiger partial charge in [-0.3, -0.25) is 0 Å². The summed E-state index contributed by atoms with van der Waals surface area (Å²) in [5.74, 6) is 2.61. The molecule has 2 aromatic rings. The number of nitrogens with zero attached hydrogens (tertiary/aromatic N) is 2. The van der Waals surface area contributed by atoms with Crippen molar-refractivity contribution in [1.82, 2.24) is 9.29 Å². The van der Waals surface area contributed by atoms with E-state index in [0.717, 1.165) is 18.6 Å². The highest BCUT2D eigenvalue weighted by Gasteiger charge is 2.33. The third-order valence-electron chi connectivity index (χ3n) is 5.27. The zero-order chi connectivity index (χ0) is 19.7. The van der Waals surface area contributed by atoms with Crippen LogP contribution in [-0.2, 0) is 27.7 Å². The summed E-state index contributed by atoms with van der Waals surface area (Å²) < 4.78 is 49.5. The Bertz CT molecular complexity index is 949. The first kappa shape index (κ1) is 19.2. The van der Waals surface area contributed by atoms with E-state index in [0.29, 0.717) is 49.3 Å². The van der Waals surface area contributed by atoms with E-state index in [1.807, 2.05) is 0 Å². The lowest BCUT2D eigenvalue weighted by molar-refractivity contribution is 0.0791. The van der Waals surface area contributed by atoms with Crippen LogP contribution in [0.4, 0.5) is 0 Å². The van der Waals surface area contributed by atoms with Crippen molar-refractivity contribution in [2.45, 2.75) is 36.6 Å². The predicted octanol–water partition coefficient (Wildman–Crippen LogP) is 2.33. The maximum absolute atomic E-state index is 13.1. The summed E-state index contributed by atoms with van der Waals surface area (Å²) in [4.78, 5) is 4.79. The van der Waals surface area contributed by atoms with E-state index in [1.54, 1.807) is 6.07 Å². The van der Waals surface area contributed by atoms with Crippen molar-refractivity contribution in [3.63, 3.8) is 0 Å². The molecule has 3 heterocycles. The molecule has 0 unspecified atom stereocenters. The molecule has 0 atom stereocenters. The molecule has 0 N–H and O–H groups in total. The van der Waals surface area contributed by atoms with E-state index in [4.69, 9.17) is 18.6 Å². The minimum Gasteiger partial charge on any atom is -0.493 e. The lowest BCUT2D eigenvalue weighted by atomic mass is 10.0. The molecule has 1 aromatic heterocycles. The van der Waals surface area contributed by atoms with Gasteiger partial charge >= 0.3 is 0 Å². The SMILES string of the molecule is COc1ccc(S(=O)(=O)N2CCc3oc(C4CCOCC4)nc3C2)cc1OC. The molecule has 152 valence electrons. The number of methoxy groups -OCH3 is 2. The van der Waals surface area contributed by atoms with Gasteiger partial charge in [-0.15, -0.1) is 0 Å². The Morgan fingerprint density at radius 2 is 1.89 bits per heavy atom. The molecule has 1 saturated heterocycles. The zero-order valence-electron chi connectivity index (χ0n) is 16.0. The van der Waals surface area contributed by atoms with Crippen LogP contribution in [0.15, 0.2) is 27.5 Å². The second-order valence-electron chi connectivity index (χ2n) is 6.91. The van der Waals surface area contributed by atoms with E-state index in [9.17, 15) is 8.42 Å². The van der Waals surface area contributed by atoms with E-state index >= 15 is 0 Å². The summed E-state index contributed by atoms with van der Waals surface area (Å²) in [6.45, 7) is 1.97. The van der Waals surface area contributed by atoms with E-state index in [1.165, 1.54) is 30.7 Å². The molecule has 0 saturated carbocycles. The van der Waals surface area contributed by atoms with Gasteiger partial charge in [0.15, 0.2) is 17.4 Å². The van der Waals surface area contributed by atoms with Crippen molar-refractivity contribution in [2.75, 3.05) is 34.0 Å². The molecule has 9 heteroatoms. The molecule has 2 aliphatic heterocycles. The van der Waals surface area contributed by atoms with Gasteiger partial charge in [-0.25, -0.2) is 13.4 Å². The topological polar surface area (TPSA) is 91.1 Å². The minimum atomic E-state index is -3.68. The molecular formula is C19H24N2O6S. The molecule has 8 nitrogen and oxygen atoms in total. The zero-order valence-corrected chi connectivity index (χ0v) is 16.8. The van der Waals surface area contributed by atoms with Crippen molar-refractivity contribution in [3.05, 3.63) is 35.5 Å². The summed E-state index contributed by atoms with van der Waals surface area (Å²) in [6, 6.07) is 4.61. The Kier molecular flexibility index (Phi) is 5.31. The summed E-state index contributed by atoms with van der Waals surface area (Å²) in [6.07, 6.45) is 2.28. The average Bonchev–Trinajstić information content (AvgIpc) is 3.17. The van der Waals surface area contributed by atoms with E-state index in [2.05, 4.69) is 4.98 Å². The summed E-state index contributed by atoms with van der Waals surface area (Å²) >= 11 is 0. The van der Waals surface area contributed by atoms with Crippen LogP contribution in [0.2, 0.25) is 0 Å². The summed E-state index contributed by atoms with van der Waals surface area (Å²) in [5, 5.41) is 0. The second-order valence-corrected chi connectivity index (χ2v) is 8.85. The quantitative estimate of drug-likeness (QED) is 0.750. The number of benzene rings is 1. The molecule has 4 rings (SSSR count). The van der Waals surface area contributed by atoms with Crippen LogP contribution in [0.25, 0.3) is 0 Å². The first-order valence-electron chi connectivity index (χ1n) is 9.31. The lowest BCUT2D eigenvalue weighted by Gasteiger charge is -2.25. The number of fused-ring (bicyclic) bond motifs is 1. The van der Waals surface area contributed by atoms with Gasteiger partial charge in [0.25, 0.3) is 0 Å². The van der Waals surface area contributed by atoms with E-state index in [-0.39, 0.29) is 17.4 Å². The molecule has 1 fully saturated rings. The fourth-order valence-corrected chi connectivity index (χ4v) is 5.06. The van der Waals surface area contributed by atoms with Gasteiger partial charge < -0.3 is 18.6 Å². The number of hydrogen-bond acceptors (Lipinski definition) is 7. The Morgan fingerprint density at radius 3 is 2.61 bits per heavy atom. The molecule has 0 spiro atoms. The van der Waals surface area contributed by atoms with Gasteiger partial charge in [0, 0.05) is 38.2 Å². The molecule has 0 bridgehead atoms. The number of sulfonamides is 1. The first-order chi connectivity index (χ1) is 13.5. The summed E-state index contributed by atoms with van der Waals surface area (Å²) in [5.41, 5.74) is 0.705. The molecule has 0 radical (unpaired) electrons. The van der Waals surface area contributed by atoms with E-state index < -0.39 is 10.0 Å². The second kappa shape index (κ2) is 7.73. The van der Waals surface area contributed by atoms with Gasteiger partial charge in [-0.2, -0.15) is 4.31 Å². The highest BCUT2D eigenvalue weighted by atomic mass is 32.2. The molecular weight excluding hydrogens is 384 g/mol. The monoisotopic (exact) mass is 408 g/mol. The molecule has 0 amide bonds. The molecule has 0 aliphatic carbocycles. The van der Waals surface area contributed by atoms with Crippen LogP contribution in [-0.4, -0.2) is 51.7 Å². The highest BCUT2D eigenvalue weighted by molar-refractivity contribution is 7.89. The van der Waals surface area contributed by atoms with Crippen LogP contribution in [0.5, 0.6) is 11.5 Å². The van der Waals surface area contributed by atoms with Crippen LogP contribution in [0.3, 0.4) is 0 Å². The van der Waals surface area contributed by atoms with Gasteiger partial charge in [-0.05, 0) is 25.0 Å². The van der Waals surface area contributed by atoms with Crippen molar-refractivity contribution in [1.29, 1.82) is 0 Å². The number of aromatic nitrogens is 1. The largest absolute Gasteiger partial charge is 0.493 e. The van der Waals surface area contributed by atoms with Gasteiger partial charge in [-0.1, -0.05) is 0 Å². The van der Waals surface area contributed by atoms with Crippen LogP contribution < -0.4 is 9.47 Å². The van der Waals surface area contributed by atoms with Crippen molar-refractivity contribution in [3.8, 4) is 11.5 Å². The standard InChI is InChI=1S/C19H24N2O6S/c1-24-17-4-3-14(11-18(17)25-2)28(22,23)21-8-5-16-15(12-21)20-19(27-16)13-6-9-26-10-7-13/h3-4,11,13H,5-10,12H2,1-2H3. The molecule has 2 aliphatic rings.